The third-order valence-electron chi connectivity index (χ3n) is 22.5. The standard InChI is InChI=1S/C50H57N4O7PSSi.C42H37N4O6PS/c1-11-30-60-48(57)46(62(37-23-15-12-16-24-37,38-25-17-13-18-26-38)39-27-19-14-20-28-39)54-42(41(45(54)56)35(3)61-64(9,10)49(4,5)6)34(2)43(55)40-32-53-33-52-44(47(53)63-40)50(58-7,59-8)36-22-21-29-51-31-36;1-4-23-52-42(51)40(53(30-16-8-5-9-17-30,31-18-10-6-11-19-31)32-20-12-7-13-21-32)46-36(34(28(3)47)39(46)50)27(2)37(48)33-25-45-26-44-35(41(45)54-33)38(49)29-15-14-22-43-24-29/h11-29,31-35,41-42H,1,30H2,2-10H3;4-22,24-28,34,36,47H,1,23H2,2-3H3/t34-,35-,41-,42-;27-,28-,34-,36-/m11/s1. The van der Waals surface area contributed by atoms with E-state index in [0.717, 1.165) is 43.2 Å². The van der Waals surface area contributed by atoms with Crippen LogP contribution in [0.25, 0.3) is 9.66 Å². The Hall–Kier alpha value is -11.0. The molecule has 0 bridgehead atoms. The summed E-state index contributed by atoms with van der Waals surface area (Å²) in [6.07, 6.45) is 14.1. The zero-order valence-corrected chi connectivity index (χ0v) is 71.9. The second-order valence-electron chi connectivity index (χ2n) is 30.5. The number of aliphatic hydroxyl groups is 1. The van der Waals surface area contributed by atoms with Crippen molar-refractivity contribution in [1.82, 2.24) is 38.5 Å². The van der Waals surface area contributed by atoms with Gasteiger partial charge < -0.3 is 38.3 Å². The predicted molar refractivity (Wildman–Crippen MR) is 470 cm³/mol. The lowest BCUT2D eigenvalue weighted by Gasteiger charge is -2.54. The van der Waals surface area contributed by atoms with Gasteiger partial charge >= 0.3 is 11.9 Å². The van der Waals surface area contributed by atoms with Crippen molar-refractivity contribution < 1.29 is 62.0 Å². The predicted octanol–water partition coefficient (Wildman–Crippen LogP) is 13.1. The van der Waals surface area contributed by atoms with Crippen molar-refractivity contribution in [3.05, 3.63) is 314 Å². The summed E-state index contributed by atoms with van der Waals surface area (Å²) in [5.41, 5.74) is 1.94. The van der Waals surface area contributed by atoms with Crippen molar-refractivity contribution in [2.75, 3.05) is 27.4 Å². The minimum absolute atomic E-state index is 0.0853. The number of rotatable bonds is 30. The lowest BCUT2D eigenvalue weighted by atomic mass is 9.75. The highest BCUT2D eigenvalue weighted by molar-refractivity contribution is 7.97. The maximum atomic E-state index is 15.5. The van der Waals surface area contributed by atoms with Crippen molar-refractivity contribution in [2.24, 2.45) is 23.7 Å². The Morgan fingerprint density at radius 1 is 0.534 bits per heavy atom. The van der Waals surface area contributed by atoms with Crippen LogP contribution < -0.4 is 31.8 Å². The van der Waals surface area contributed by atoms with Gasteiger partial charge in [0, 0.05) is 88.1 Å². The van der Waals surface area contributed by atoms with Gasteiger partial charge in [0.1, 0.15) is 57.8 Å². The van der Waals surface area contributed by atoms with Crippen LogP contribution >= 0.6 is 36.4 Å². The molecule has 12 aromatic rings. The third kappa shape index (κ3) is 15.5. The Labute approximate surface area is 695 Å². The topological polar surface area (TPSA) is 253 Å². The molecule has 8 atom stereocenters. The van der Waals surface area contributed by atoms with Crippen molar-refractivity contribution in [3.63, 3.8) is 0 Å². The van der Waals surface area contributed by atoms with Crippen LogP contribution in [0.1, 0.15) is 95.1 Å². The van der Waals surface area contributed by atoms with E-state index in [1.165, 1.54) is 62.1 Å². The summed E-state index contributed by atoms with van der Waals surface area (Å²) in [5.74, 6) is -7.95. The van der Waals surface area contributed by atoms with Crippen molar-refractivity contribution in [2.45, 2.75) is 96.7 Å². The molecule has 6 aromatic carbocycles. The number of nitrogens with zero attached hydrogens (tertiary/aromatic N) is 8. The summed E-state index contributed by atoms with van der Waals surface area (Å²) in [6.45, 7) is 18.6. The third-order valence-corrected chi connectivity index (χ3v) is 37.8. The fourth-order valence-electron chi connectivity index (χ4n) is 15.8. The van der Waals surface area contributed by atoms with Gasteiger partial charge in [-0.25, -0.2) is 19.6 Å². The van der Waals surface area contributed by atoms with Crippen LogP contribution in [0.5, 0.6) is 0 Å². The molecule has 0 saturated carbocycles. The highest BCUT2D eigenvalue weighted by Gasteiger charge is 2.61. The minimum atomic E-state index is -3.27. The number of carbonyl (C=O) groups excluding carboxylic acids is 7. The van der Waals surface area contributed by atoms with E-state index in [1.807, 2.05) is 202 Å². The van der Waals surface area contributed by atoms with E-state index in [-0.39, 0.29) is 58.0 Å². The molecular formula is C92H94N8O13P2S2Si. The van der Waals surface area contributed by atoms with Gasteiger partial charge in [-0.2, -0.15) is 0 Å². The second-order valence-corrected chi connectivity index (χ2v) is 43.9. The maximum Gasteiger partial charge on any atom is 0.356 e. The molecule has 606 valence electrons. The number of β-lactam (4-membered cyclic amide) rings is 2. The van der Waals surface area contributed by atoms with E-state index in [9.17, 15) is 24.3 Å². The highest BCUT2D eigenvalue weighted by atomic mass is 32.1. The molecule has 1 N–H and O–H groups in total. The zero-order valence-electron chi connectivity index (χ0n) is 67.5. The van der Waals surface area contributed by atoms with E-state index in [4.69, 9.17) is 28.4 Å². The number of aromatic nitrogens is 6. The number of benzene rings is 6. The number of likely N-dealkylation sites (tertiary alicyclic amines) is 2. The van der Waals surface area contributed by atoms with E-state index < -0.39 is 93.7 Å². The van der Waals surface area contributed by atoms with E-state index in [1.54, 1.807) is 76.1 Å². The number of aliphatic hydroxyl groups excluding tert-OH is 1. The number of hydrogen-bond acceptors (Lipinski definition) is 19. The van der Waals surface area contributed by atoms with Crippen LogP contribution in [-0.2, 0) is 48.3 Å². The van der Waals surface area contributed by atoms with Crippen LogP contribution in [-0.4, -0.2) is 156 Å². The zero-order chi connectivity index (χ0) is 84.0. The van der Waals surface area contributed by atoms with Gasteiger partial charge in [-0.3, -0.25) is 42.7 Å². The number of pyridine rings is 2. The summed E-state index contributed by atoms with van der Waals surface area (Å²) in [4.78, 5) is 126. The highest BCUT2D eigenvalue weighted by Crippen LogP contribution is 2.54. The molecule has 6 aromatic heterocycles. The fourth-order valence-corrected chi connectivity index (χ4v) is 28.3. The quantitative estimate of drug-likeness (QED) is 0.00835. The molecule has 2 aliphatic heterocycles. The number of hydrogen-bond donors (Lipinski definition) is 1. The first kappa shape index (κ1) is 84.9. The summed E-state index contributed by atoms with van der Waals surface area (Å²) in [6, 6.07) is 63.4. The molecule has 2 amide bonds. The average Bonchev–Trinajstić information content (AvgIpc) is 0.887. The number of amides is 2. The monoisotopic (exact) mass is 1670 g/mol. The Morgan fingerprint density at radius 2 is 0.915 bits per heavy atom. The Kier molecular flexibility index (Phi) is 25.7. The summed E-state index contributed by atoms with van der Waals surface area (Å²) < 4.78 is 34.4. The van der Waals surface area contributed by atoms with Gasteiger partial charge in [0.25, 0.3) is 0 Å². The van der Waals surface area contributed by atoms with Gasteiger partial charge in [-0.05, 0) is 82.0 Å². The molecule has 8 heterocycles. The number of carbonyl (C=O) groups is 7. The van der Waals surface area contributed by atoms with Gasteiger partial charge in [-0.15, -0.1) is 22.7 Å². The molecule has 0 radical (unpaired) electrons. The molecule has 2 fully saturated rings. The number of thiazole rings is 2. The summed E-state index contributed by atoms with van der Waals surface area (Å²) in [7, 11) is 0.626. The van der Waals surface area contributed by atoms with Crippen molar-refractivity contribution >= 4 is 138 Å². The van der Waals surface area contributed by atoms with Crippen molar-refractivity contribution in [3.8, 4) is 0 Å². The molecule has 0 aliphatic carbocycles. The molecule has 2 aliphatic rings. The molecule has 14 rings (SSSR count). The number of esters is 2. The number of imidazole rings is 2. The molecular weight excluding hydrogens is 1580 g/mol. The molecule has 26 heteroatoms. The maximum absolute atomic E-state index is 15.5. The van der Waals surface area contributed by atoms with Gasteiger partial charge in [0.2, 0.25) is 23.4 Å². The van der Waals surface area contributed by atoms with Gasteiger partial charge in [0.05, 0.1) is 45.9 Å². The number of fused-ring (bicyclic) bond motifs is 2. The number of Topliss-reactive ketones (excluding diaryl/α,β-unsaturated/α-hetero) is 2. The Balaban J connectivity index is 0.000000207. The molecule has 0 unspecified atom stereocenters. The number of methoxy groups -OCH3 is 2. The van der Waals surface area contributed by atoms with E-state index in [0.29, 0.717) is 36.2 Å². The second kappa shape index (κ2) is 35.7. The molecule has 118 heavy (non-hydrogen) atoms. The molecule has 0 spiro atoms. The van der Waals surface area contributed by atoms with Crippen LogP contribution in [0.2, 0.25) is 18.1 Å². The van der Waals surface area contributed by atoms with Crippen LogP contribution in [0.4, 0.5) is 0 Å². The summed E-state index contributed by atoms with van der Waals surface area (Å²) >= 11 is 2.38. The number of ether oxygens (including phenoxy) is 4. The lowest BCUT2D eigenvalue weighted by Crippen LogP contribution is -2.71. The average molecular weight is 1670 g/mol. The summed E-state index contributed by atoms with van der Waals surface area (Å²) in [5, 5.41) is 15.9. The molecule has 2 saturated heterocycles. The first-order valence-corrected chi connectivity index (χ1v) is 46.8. The van der Waals surface area contributed by atoms with Gasteiger partial charge in [0.15, 0.2) is 19.9 Å². The largest absolute Gasteiger partial charge is 0.457 e. The van der Waals surface area contributed by atoms with Crippen LogP contribution in [0.3, 0.4) is 0 Å². The Morgan fingerprint density at radius 3 is 1.29 bits per heavy atom. The normalized spacial score (nSPS) is 16.7. The SMILES string of the molecule is C=CCOC(=O)C(N1C(=O)[C@H]([C@@H](C)O)[C@H]1[C@@H](C)C(=O)c1cn2cnc(C(=O)c3cccnc3)c2s1)=P(c1ccccc1)(c1ccccc1)c1ccccc1.C=CCOC(=O)C(N1C(=O)[C@H]([C@@H](C)O[Si](C)(C)C(C)(C)C)[C@H]1[C@@H](C)C(=O)c1cn2cnc(C(OC)(OC)c3cccnc3)c2s1)=P(c1ccccc1)(c1ccccc1)c1ccccc1. The Bertz CT molecular complexity index is 5600. The van der Waals surface area contributed by atoms with Crippen molar-refractivity contribution in [1.29, 1.82) is 0 Å². The van der Waals surface area contributed by atoms with Crippen LogP contribution in [0.15, 0.2) is 281 Å². The van der Waals surface area contributed by atoms with E-state index >= 15 is 14.4 Å². The first-order chi connectivity index (χ1) is 56.8. The fraction of sp³-hybridized carbons (Fsp3) is 0.250. The van der Waals surface area contributed by atoms with Gasteiger partial charge in [-0.1, -0.05) is 248 Å². The minimum Gasteiger partial charge on any atom is -0.457 e. The smallest absolute Gasteiger partial charge is 0.356 e. The van der Waals surface area contributed by atoms with Crippen LogP contribution in [0, 0.1) is 23.7 Å². The van der Waals surface area contributed by atoms with E-state index in [2.05, 4.69) is 62.0 Å². The first-order valence-electron chi connectivity index (χ1n) is 38.7. The number of ketones is 3. The lowest BCUT2D eigenvalue weighted by molar-refractivity contribution is -0.185. The molecule has 21 nitrogen and oxygen atoms in total.